The van der Waals surface area contributed by atoms with Crippen LogP contribution in [-0.4, -0.2) is 61.4 Å². The molecule has 0 aromatic heterocycles. The summed E-state index contributed by atoms with van der Waals surface area (Å²) in [6.45, 7) is 1.75. The van der Waals surface area contributed by atoms with Gasteiger partial charge in [-0.1, -0.05) is 18.2 Å². The van der Waals surface area contributed by atoms with Gasteiger partial charge in [-0.05, 0) is 110 Å². The zero-order chi connectivity index (χ0) is 30.5. The van der Waals surface area contributed by atoms with Crippen molar-refractivity contribution in [3.8, 4) is 46.0 Å². The standard InChI is InChI=1S/C36H38N2O6/c1-37-13-11-23-18-31(41-3)32-20-26(23)27(37)16-22-7-10-29(39)30(17-22)43-25-8-5-21(6-9-25)15-28-34-24(12-14-38(28)2)19-33(42-4)35(40)36(34)44-32/h5-10,17-20,27-28,39-40H,11-16H2,1-4H3/t27-,28?/m0/s1. The fraction of sp³-hybridized carbons (Fsp3) is 0.333. The van der Waals surface area contributed by atoms with Crippen molar-refractivity contribution < 1.29 is 29.2 Å². The third kappa shape index (κ3) is 4.98. The van der Waals surface area contributed by atoms with Gasteiger partial charge in [-0.3, -0.25) is 9.80 Å². The molecule has 0 saturated carbocycles. The summed E-state index contributed by atoms with van der Waals surface area (Å²) >= 11 is 0. The van der Waals surface area contributed by atoms with E-state index in [1.165, 1.54) is 5.56 Å². The highest BCUT2D eigenvalue weighted by molar-refractivity contribution is 5.63. The van der Waals surface area contributed by atoms with E-state index in [1.807, 2.05) is 30.3 Å². The molecule has 2 atom stereocenters. The quantitative estimate of drug-likeness (QED) is 0.270. The molecule has 4 aromatic rings. The molecule has 8 rings (SSSR count). The van der Waals surface area contributed by atoms with Crippen LogP contribution >= 0.6 is 0 Å². The Morgan fingerprint density at radius 3 is 2.11 bits per heavy atom. The lowest BCUT2D eigenvalue weighted by molar-refractivity contribution is 0.220. The highest BCUT2D eigenvalue weighted by Gasteiger charge is 2.34. The van der Waals surface area contributed by atoms with E-state index >= 15 is 0 Å². The fourth-order valence-corrected chi connectivity index (χ4v) is 6.94. The van der Waals surface area contributed by atoms with E-state index in [1.54, 1.807) is 20.3 Å². The number of likely N-dealkylation sites (N-methyl/N-ethyl adjacent to an activating group) is 2. The van der Waals surface area contributed by atoms with Gasteiger partial charge in [0.1, 0.15) is 5.75 Å². The number of methoxy groups -OCH3 is 2. The molecule has 4 aromatic carbocycles. The Morgan fingerprint density at radius 1 is 0.705 bits per heavy atom. The molecule has 0 saturated heterocycles. The maximum absolute atomic E-state index is 11.6. The Labute approximate surface area is 258 Å². The first kappa shape index (κ1) is 28.4. The summed E-state index contributed by atoms with van der Waals surface area (Å²) in [6.07, 6.45) is 3.08. The van der Waals surface area contributed by atoms with Crippen LogP contribution in [0.5, 0.6) is 46.0 Å². The van der Waals surface area contributed by atoms with Crippen LogP contribution in [0.25, 0.3) is 0 Å². The Hall–Kier alpha value is -4.40. The Kier molecular flexibility index (Phi) is 7.26. The molecular weight excluding hydrogens is 556 g/mol. The van der Waals surface area contributed by atoms with Gasteiger partial charge in [0, 0.05) is 30.7 Å². The molecule has 0 radical (unpaired) electrons. The number of rotatable bonds is 2. The van der Waals surface area contributed by atoms with E-state index in [4.69, 9.17) is 18.9 Å². The van der Waals surface area contributed by atoms with Crippen LogP contribution in [0.1, 0.15) is 45.5 Å². The summed E-state index contributed by atoms with van der Waals surface area (Å²) in [6, 6.07) is 19.6. The molecule has 2 N–H and O–H groups in total. The van der Waals surface area contributed by atoms with Gasteiger partial charge in [-0.25, -0.2) is 0 Å². The first-order chi connectivity index (χ1) is 21.3. The molecule has 8 nitrogen and oxygen atoms in total. The smallest absolute Gasteiger partial charge is 0.201 e. The highest BCUT2D eigenvalue weighted by Crippen LogP contribution is 2.51. The summed E-state index contributed by atoms with van der Waals surface area (Å²) in [5.74, 6) is 3.14. The summed E-state index contributed by atoms with van der Waals surface area (Å²) in [5, 5.41) is 22.2. The molecule has 228 valence electrons. The summed E-state index contributed by atoms with van der Waals surface area (Å²) in [5.41, 5.74) is 6.55. The van der Waals surface area contributed by atoms with E-state index in [2.05, 4.69) is 48.2 Å². The van der Waals surface area contributed by atoms with E-state index in [0.29, 0.717) is 47.3 Å². The van der Waals surface area contributed by atoms with Crippen molar-refractivity contribution >= 4 is 0 Å². The first-order valence-corrected chi connectivity index (χ1v) is 15.1. The van der Waals surface area contributed by atoms with Crippen molar-refractivity contribution in [2.45, 2.75) is 37.8 Å². The average molecular weight is 595 g/mol. The number of nitrogens with zero attached hydrogens (tertiary/aromatic N) is 2. The number of phenols is 2. The van der Waals surface area contributed by atoms with E-state index < -0.39 is 0 Å². The van der Waals surface area contributed by atoms with Gasteiger partial charge in [0.15, 0.2) is 34.5 Å². The number of ether oxygens (including phenoxy) is 4. The second kappa shape index (κ2) is 11.3. The second-order valence-electron chi connectivity index (χ2n) is 12.1. The Morgan fingerprint density at radius 2 is 1.36 bits per heavy atom. The average Bonchev–Trinajstić information content (AvgIpc) is 3.03. The van der Waals surface area contributed by atoms with Crippen LogP contribution in [-0.2, 0) is 25.7 Å². The van der Waals surface area contributed by atoms with Crippen LogP contribution < -0.4 is 18.9 Å². The lowest BCUT2D eigenvalue weighted by Gasteiger charge is -2.37. The van der Waals surface area contributed by atoms with Crippen molar-refractivity contribution in [1.82, 2.24) is 9.80 Å². The SMILES string of the molecule is COc1cc2c3cc1Oc1c(O)c(OC)cc4c1C(Cc1ccc(cc1)Oc1cc(ccc1O)C[C@@H]3N(C)CC2)N(C)CC4. The molecule has 44 heavy (non-hydrogen) atoms. The summed E-state index contributed by atoms with van der Waals surface area (Å²) in [4.78, 5) is 4.65. The van der Waals surface area contributed by atoms with Crippen molar-refractivity contribution in [2.75, 3.05) is 41.4 Å². The van der Waals surface area contributed by atoms with Crippen LogP contribution in [0.3, 0.4) is 0 Å². The molecule has 4 heterocycles. The van der Waals surface area contributed by atoms with Crippen molar-refractivity contribution in [1.29, 1.82) is 0 Å². The lowest BCUT2D eigenvalue weighted by Crippen LogP contribution is -2.34. The molecule has 8 heteroatoms. The third-order valence-corrected chi connectivity index (χ3v) is 9.46. The zero-order valence-electron chi connectivity index (χ0n) is 25.6. The molecule has 0 spiro atoms. The number of benzene rings is 4. The minimum absolute atomic E-state index is 0.0187. The molecule has 0 fully saturated rings. The molecule has 0 amide bonds. The lowest BCUT2D eigenvalue weighted by atomic mass is 9.87. The second-order valence-corrected chi connectivity index (χ2v) is 12.1. The van der Waals surface area contributed by atoms with E-state index in [9.17, 15) is 10.2 Å². The zero-order valence-corrected chi connectivity index (χ0v) is 25.6. The van der Waals surface area contributed by atoms with E-state index in [-0.39, 0.29) is 23.6 Å². The minimum Gasteiger partial charge on any atom is -0.504 e. The molecule has 0 aliphatic carbocycles. The van der Waals surface area contributed by atoms with Crippen LogP contribution in [0.4, 0.5) is 0 Å². The number of phenolic OH excluding ortho intramolecular Hbond substituents is 2. The third-order valence-electron chi connectivity index (χ3n) is 9.46. The topological polar surface area (TPSA) is 83.9 Å². The summed E-state index contributed by atoms with van der Waals surface area (Å²) in [7, 11) is 7.46. The van der Waals surface area contributed by atoms with Gasteiger partial charge in [-0.2, -0.15) is 0 Å². The molecule has 4 aliphatic rings. The number of aromatic hydroxyl groups is 2. The Bertz CT molecular complexity index is 1720. The Balaban J connectivity index is 1.45. The van der Waals surface area contributed by atoms with Crippen molar-refractivity contribution in [3.05, 3.63) is 94.0 Å². The fourth-order valence-electron chi connectivity index (χ4n) is 6.94. The molecule has 6 bridgehead atoms. The largest absolute Gasteiger partial charge is 0.504 e. The van der Waals surface area contributed by atoms with Crippen LogP contribution in [0, 0.1) is 0 Å². The normalized spacial score (nSPS) is 19.6. The maximum atomic E-state index is 11.6. The van der Waals surface area contributed by atoms with Gasteiger partial charge < -0.3 is 29.2 Å². The van der Waals surface area contributed by atoms with Crippen LogP contribution in [0.2, 0.25) is 0 Å². The maximum Gasteiger partial charge on any atom is 0.201 e. The summed E-state index contributed by atoms with van der Waals surface area (Å²) < 4.78 is 24.5. The van der Waals surface area contributed by atoms with Crippen molar-refractivity contribution in [2.24, 2.45) is 0 Å². The van der Waals surface area contributed by atoms with Gasteiger partial charge in [0.05, 0.1) is 14.2 Å². The van der Waals surface area contributed by atoms with Gasteiger partial charge in [0.25, 0.3) is 0 Å². The van der Waals surface area contributed by atoms with Gasteiger partial charge in [0.2, 0.25) is 5.75 Å². The minimum atomic E-state index is -0.0561. The van der Waals surface area contributed by atoms with Crippen molar-refractivity contribution in [3.63, 3.8) is 0 Å². The number of hydrogen-bond acceptors (Lipinski definition) is 8. The van der Waals surface area contributed by atoms with E-state index in [0.717, 1.165) is 53.7 Å². The predicted molar refractivity (Wildman–Crippen MR) is 168 cm³/mol. The first-order valence-electron chi connectivity index (χ1n) is 15.1. The van der Waals surface area contributed by atoms with Gasteiger partial charge >= 0.3 is 0 Å². The van der Waals surface area contributed by atoms with Gasteiger partial charge in [-0.15, -0.1) is 0 Å². The highest BCUT2D eigenvalue weighted by atomic mass is 16.5. The molecule has 4 aliphatic heterocycles. The molecule has 1 unspecified atom stereocenters. The monoisotopic (exact) mass is 594 g/mol. The van der Waals surface area contributed by atoms with Crippen LogP contribution in [0.15, 0.2) is 60.7 Å². The molecular formula is C36H38N2O6. The number of fused-ring (bicyclic) bond motifs is 2. The number of hydrogen-bond donors (Lipinski definition) is 2. The predicted octanol–water partition coefficient (Wildman–Crippen LogP) is 6.56.